The number of hydrogen-bond acceptors (Lipinski definition) is 4. The molecule has 0 unspecified atom stereocenters. The topological polar surface area (TPSA) is 82.7 Å². The molecular weight excluding hydrogens is 314 g/mol. The van der Waals surface area contributed by atoms with Gasteiger partial charge < -0.3 is 10.6 Å². The van der Waals surface area contributed by atoms with Gasteiger partial charge in [-0.3, -0.25) is 4.79 Å². The second-order valence-electron chi connectivity index (χ2n) is 4.97. The summed E-state index contributed by atoms with van der Waals surface area (Å²) in [5.74, 6) is -0.00370. The number of nitrogens with one attached hydrogen (secondary N) is 3. The summed E-state index contributed by atoms with van der Waals surface area (Å²) in [5.41, 5.74) is 2.75. The van der Waals surface area contributed by atoms with Crippen molar-refractivity contribution in [3.8, 4) is 0 Å². The Labute approximate surface area is 137 Å². The average molecular weight is 328 g/mol. The van der Waals surface area contributed by atoms with Gasteiger partial charge in [-0.1, -0.05) is 29.3 Å². The minimum atomic E-state index is -0.348. The van der Waals surface area contributed by atoms with Crippen LogP contribution in [0.2, 0.25) is 5.02 Å². The van der Waals surface area contributed by atoms with Crippen LogP contribution < -0.4 is 10.6 Å². The number of H-pyrrole nitrogens is 1. The Morgan fingerprint density at radius 2 is 1.65 bits per heavy atom. The lowest BCUT2D eigenvalue weighted by atomic mass is 10.2. The molecule has 1 aromatic heterocycles. The van der Waals surface area contributed by atoms with Crippen molar-refractivity contribution in [2.24, 2.45) is 0 Å². The minimum absolute atomic E-state index is 0.181. The number of nitrogens with zero attached hydrogens (tertiary/aromatic N) is 2. The largest absolute Gasteiger partial charge is 0.337 e. The van der Waals surface area contributed by atoms with E-state index in [0.29, 0.717) is 16.5 Å². The van der Waals surface area contributed by atoms with Crippen LogP contribution in [0, 0.1) is 6.92 Å². The Kier molecular flexibility index (Phi) is 4.25. The summed E-state index contributed by atoms with van der Waals surface area (Å²) in [5, 5.41) is 16.8. The van der Waals surface area contributed by atoms with Crippen molar-refractivity contribution in [2.45, 2.75) is 6.92 Å². The molecule has 0 saturated carbocycles. The molecule has 0 radical (unpaired) electrons. The lowest BCUT2D eigenvalue weighted by Gasteiger charge is -2.06. The average Bonchev–Trinajstić information content (AvgIpc) is 3.00. The fraction of sp³-hybridized carbons (Fsp3) is 0.0625. The van der Waals surface area contributed by atoms with Crippen LogP contribution in [0.3, 0.4) is 0 Å². The van der Waals surface area contributed by atoms with E-state index in [9.17, 15) is 4.79 Å². The van der Waals surface area contributed by atoms with Crippen molar-refractivity contribution in [2.75, 3.05) is 10.6 Å². The molecule has 2 aromatic carbocycles. The molecule has 7 heteroatoms. The second kappa shape index (κ2) is 6.50. The van der Waals surface area contributed by atoms with Gasteiger partial charge in [-0.2, -0.15) is 5.21 Å². The lowest BCUT2D eigenvalue weighted by molar-refractivity contribution is 0.102. The van der Waals surface area contributed by atoms with Crippen LogP contribution in [0.5, 0.6) is 0 Å². The molecule has 0 bridgehead atoms. The highest BCUT2D eigenvalue weighted by Crippen LogP contribution is 2.20. The fourth-order valence-corrected chi connectivity index (χ4v) is 2.10. The van der Waals surface area contributed by atoms with E-state index in [1.165, 1.54) is 0 Å². The maximum Gasteiger partial charge on any atom is 0.280 e. The highest BCUT2D eigenvalue weighted by Gasteiger charge is 2.16. The molecule has 0 saturated heterocycles. The van der Waals surface area contributed by atoms with Crippen molar-refractivity contribution in [1.29, 1.82) is 0 Å². The number of carbonyl (C=O) groups excluding carboxylic acids is 1. The van der Waals surface area contributed by atoms with Gasteiger partial charge >= 0.3 is 0 Å². The van der Waals surface area contributed by atoms with E-state index in [1.807, 2.05) is 31.2 Å². The standard InChI is InChI=1S/C16H14ClN5O/c1-10-2-6-13(7-3-10)19-16(23)14-15(21-22-20-14)18-12-8-4-11(17)5-9-12/h2-9H,1H3,(H,19,23)(H2,18,20,21,22). The number of aryl methyl sites for hydroxylation is 1. The molecule has 3 aromatic rings. The monoisotopic (exact) mass is 327 g/mol. The molecule has 0 fully saturated rings. The number of anilines is 3. The van der Waals surface area contributed by atoms with Gasteiger partial charge in [-0.15, -0.1) is 10.2 Å². The Hall–Kier alpha value is -2.86. The Bertz CT molecular complexity index is 811. The van der Waals surface area contributed by atoms with Crippen LogP contribution in [0.1, 0.15) is 16.1 Å². The molecule has 0 atom stereocenters. The smallest absolute Gasteiger partial charge is 0.280 e. The molecule has 3 N–H and O–H groups in total. The van der Waals surface area contributed by atoms with Crippen molar-refractivity contribution in [3.63, 3.8) is 0 Å². The molecule has 0 aliphatic carbocycles. The molecule has 0 aliphatic rings. The lowest BCUT2D eigenvalue weighted by Crippen LogP contribution is -2.14. The molecule has 3 rings (SSSR count). The van der Waals surface area contributed by atoms with Crippen LogP contribution in [0.15, 0.2) is 48.5 Å². The summed E-state index contributed by atoms with van der Waals surface area (Å²) in [6, 6.07) is 14.6. The quantitative estimate of drug-likeness (QED) is 0.681. The van der Waals surface area contributed by atoms with Crippen molar-refractivity contribution >= 4 is 34.7 Å². The van der Waals surface area contributed by atoms with Crippen LogP contribution >= 0.6 is 11.6 Å². The van der Waals surface area contributed by atoms with Gasteiger partial charge in [0.05, 0.1) is 0 Å². The van der Waals surface area contributed by atoms with Gasteiger partial charge in [0.25, 0.3) is 5.91 Å². The number of hydrogen-bond donors (Lipinski definition) is 3. The zero-order valence-electron chi connectivity index (χ0n) is 12.3. The third-order valence-electron chi connectivity index (χ3n) is 3.18. The Morgan fingerprint density at radius 3 is 2.35 bits per heavy atom. The Morgan fingerprint density at radius 1 is 1.00 bits per heavy atom. The number of aromatic nitrogens is 3. The highest BCUT2D eigenvalue weighted by molar-refractivity contribution is 6.30. The Balaban J connectivity index is 1.75. The first-order chi connectivity index (χ1) is 11.1. The van der Waals surface area contributed by atoms with Gasteiger partial charge in [0.2, 0.25) is 0 Å². The summed E-state index contributed by atoms with van der Waals surface area (Å²) in [7, 11) is 0. The van der Waals surface area contributed by atoms with Crippen molar-refractivity contribution in [3.05, 3.63) is 64.8 Å². The van der Waals surface area contributed by atoms with Gasteiger partial charge in [-0.25, -0.2) is 0 Å². The van der Waals surface area contributed by atoms with Crippen molar-refractivity contribution in [1.82, 2.24) is 15.4 Å². The maximum absolute atomic E-state index is 12.3. The summed E-state index contributed by atoms with van der Waals surface area (Å²) in [6.45, 7) is 1.98. The van der Waals surface area contributed by atoms with Crippen LogP contribution in [-0.4, -0.2) is 21.3 Å². The summed E-state index contributed by atoms with van der Waals surface area (Å²) in [4.78, 5) is 12.3. The van der Waals surface area contributed by atoms with Gasteiger partial charge in [0, 0.05) is 16.4 Å². The van der Waals surface area contributed by atoms with Gasteiger partial charge in [0.1, 0.15) is 0 Å². The summed E-state index contributed by atoms with van der Waals surface area (Å²) < 4.78 is 0. The predicted octanol–water partition coefficient (Wildman–Crippen LogP) is 3.76. The molecule has 1 amide bonds. The normalized spacial score (nSPS) is 10.3. The molecule has 23 heavy (non-hydrogen) atoms. The van der Waals surface area contributed by atoms with E-state index in [2.05, 4.69) is 26.0 Å². The van der Waals surface area contributed by atoms with Crippen molar-refractivity contribution < 1.29 is 4.79 Å². The fourth-order valence-electron chi connectivity index (χ4n) is 1.97. The summed E-state index contributed by atoms with van der Waals surface area (Å²) >= 11 is 5.85. The predicted molar refractivity (Wildman–Crippen MR) is 90.2 cm³/mol. The number of aromatic amines is 1. The molecule has 0 aliphatic heterocycles. The molecule has 0 spiro atoms. The first-order valence-corrected chi connectivity index (χ1v) is 7.31. The third-order valence-corrected chi connectivity index (χ3v) is 3.43. The highest BCUT2D eigenvalue weighted by atomic mass is 35.5. The van der Waals surface area contributed by atoms with E-state index in [4.69, 9.17) is 11.6 Å². The van der Waals surface area contributed by atoms with Crippen LogP contribution in [0.4, 0.5) is 17.2 Å². The first kappa shape index (κ1) is 15.1. The van der Waals surface area contributed by atoms with Crippen LogP contribution in [-0.2, 0) is 0 Å². The molecule has 1 heterocycles. The van der Waals surface area contributed by atoms with E-state index in [1.54, 1.807) is 24.3 Å². The summed E-state index contributed by atoms with van der Waals surface area (Å²) in [6.07, 6.45) is 0. The van der Waals surface area contributed by atoms with Crippen LogP contribution in [0.25, 0.3) is 0 Å². The second-order valence-corrected chi connectivity index (χ2v) is 5.41. The van der Waals surface area contributed by atoms with E-state index in [0.717, 1.165) is 11.3 Å². The number of carbonyl (C=O) groups is 1. The first-order valence-electron chi connectivity index (χ1n) is 6.93. The zero-order chi connectivity index (χ0) is 16.2. The van der Waals surface area contributed by atoms with E-state index in [-0.39, 0.29) is 11.6 Å². The SMILES string of the molecule is Cc1ccc(NC(=O)c2n[nH]nc2Nc2ccc(Cl)cc2)cc1. The number of benzene rings is 2. The van der Waals surface area contributed by atoms with Gasteiger partial charge in [0.15, 0.2) is 11.5 Å². The van der Waals surface area contributed by atoms with E-state index >= 15 is 0 Å². The van der Waals surface area contributed by atoms with Gasteiger partial charge in [-0.05, 0) is 43.3 Å². The van der Waals surface area contributed by atoms with E-state index < -0.39 is 0 Å². The molecular formula is C16H14ClN5O. The number of halogens is 1. The zero-order valence-corrected chi connectivity index (χ0v) is 13.1. The molecule has 116 valence electrons. The number of rotatable bonds is 4. The molecule has 6 nitrogen and oxygen atoms in total. The third kappa shape index (κ3) is 3.67. The minimum Gasteiger partial charge on any atom is -0.337 e. The number of amides is 1. The maximum atomic E-state index is 12.3.